The van der Waals surface area contributed by atoms with E-state index in [0.717, 1.165) is 5.76 Å². The van der Waals surface area contributed by atoms with Crippen LogP contribution in [0, 0.1) is 0 Å². The second-order valence-electron chi connectivity index (χ2n) is 5.55. The number of anilines is 1. The van der Waals surface area contributed by atoms with Crippen molar-refractivity contribution in [3.05, 3.63) is 42.4 Å². The fourth-order valence-electron chi connectivity index (χ4n) is 2.41. The maximum Gasteiger partial charge on any atom is 0.307 e. The Morgan fingerprint density at radius 2 is 2.07 bits per heavy atom. The summed E-state index contributed by atoms with van der Waals surface area (Å²) in [7, 11) is 3.17. The van der Waals surface area contributed by atoms with Gasteiger partial charge in [0.15, 0.2) is 5.11 Å². The number of carbonyl (C=O) groups is 1. The minimum absolute atomic E-state index is 0.214. The highest BCUT2D eigenvalue weighted by Gasteiger charge is 2.16. The molecule has 146 valence electrons. The van der Waals surface area contributed by atoms with Gasteiger partial charge in [-0.05, 0) is 43.4 Å². The van der Waals surface area contributed by atoms with Gasteiger partial charge in [0.05, 0.1) is 45.7 Å². The summed E-state index contributed by atoms with van der Waals surface area (Å²) < 4.78 is 21.0. The predicted molar refractivity (Wildman–Crippen MR) is 106 cm³/mol. The Kier molecular flexibility index (Phi) is 7.94. The van der Waals surface area contributed by atoms with Gasteiger partial charge >= 0.3 is 5.97 Å². The monoisotopic (exact) mass is 392 g/mol. The number of nitrogens with zero attached hydrogens (tertiary/aromatic N) is 1. The number of thiocarbonyl (C=S) groups is 1. The number of rotatable bonds is 9. The van der Waals surface area contributed by atoms with Crippen molar-refractivity contribution in [3.8, 4) is 11.5 Å². The molecular weight excluding hydrogens is 368 g/mol. The Balaban J connectivity index is 2.13. The summed E-state index contributed by atoms with van der Waals surface area (Å²) in [5.41, 5.74) is 0.669. The summed E-state index contributed by atoms with van der Waals surface area (Å²) in [6.45, 7) is 2.93. The smallest absolute Gasteiger partial charge is 0.307 e. The van der Waals surface area contributed by atoms with Crippen LogP contribution in [0.15, 0.2) is 41.0 Å². The summed E-state index contributed by atoms with van der Waals surface area (Å²) in [6, 6.07) is 9.04. The molecule has 0 atom stereocenters. The van der Waals surface area contributed by atoms with Gasteiger partial charge in [-0.15, -0.1) is 0 Å². The third-order valence-corrected chi connectivity index (χ3v) is 4.11. The molecule has 1 aromatic carbocycles. The van der Waals surface area contributed by atoms with Crippen LogP contribution in [0.2, 0.25) is 0 Å². The number of furan rings is 1. The summed E-state index contributed by atoms with van der Waals surface area (Å²) in [5.74, 6) is 1.76. The van der Waals surface area contributed by atoms with Crippen molar-refractivity contribution in [2.45, 2.75) is 19.9 Å². The summed E-state index contributed by atoms with van der Waals surface area (Å²) in [5, 5.41) is 3.60. The Bertz CT molecular complexity index is 749. The zero-order valence-electron chi connectivity index (χ0n) is 15.7. The van der Waals surface area contributed by atoms with E-state index < -0.39 is 0 Å². The molecule has 2 aromatic rings. The molecule has 0 unspecified atom stereocenters. The van der Waals surface area contributed by atoms with Crippen LogP contribution in [-0.4, -0.2) is 43.4 Å². The van der Waals surface area contributed by atoms with Crippen molar-refractivity contribution in [1.29, 1.82) is 0 Å². The van der Waals surface area contributed by atoms with Crippen LogP contribution in [-0.2, 0) is 16.1 Å². The van der Waals surface area contributed by atoms with Gasteiger partial charge in [0, 0.05) is 12.6 Å². The zero-order valence-corrected chi connectivity index (χ0v) is 16.5. The third kappa shape index (κ3) is 6.18. The summed E-state index contributed by atoms with van der Waals surface area (Å²) >= 11 is 5.56. The van der Waals surface area contributed by atoms with Crippen molar-refractivity contribution in [2.75, 3.05) is 32.7 Å². The van der Waals surface area contributed by atoms with E-state index in [4.69, 9.17) is 30.8 Å². The highest BCUT2D eigenvalue weighted by Crippen LogP contribution is 2.29. The first kappa shape index (κ1) is 20.6. The first-order valence-corrected chi connectivity index (χ1v) is 8.94. The first-order valence-electron chi connectivity index (χ1n) is 8.53. The van der Waals surface area contributed by atoms with Gasteiger partial charge < -0.3 is 28.8 Å². The molecule has 0 saturated heterocycles. The van der Waals surface area contributed by atoms with E-state index in [-0.39, 0.29) is 12.4 Å². The first-order chi connectivity index (χ1) is 13.1. The lowest BCUT2D eigenvalue weighted by Gasteiger charge is -2.25. The predicted octanol–water partition coefficient (Wildman–Crippen LogP) is 3.45. The van der Waals surface area contributed by atoms with Crippen LogP contribution in [0.4, 0.5) is 5.69 Å². The third-order valence-electron chi connectivity index (χ3n) is 3.75. The molecule has 0 radical (unpaired) electrons. The molecule has 0 spiro atoms. The second-order valence-corrected chi connectivity index (χ2v) is 5.94. The number of benzene rings is 1. The van der Waals surface area contributed by atoms with Crippen LogP contribution in [0.5, 0.6) is 11.5 Å². The lowest BCUT2D eigenvalue weighted by Crippen LogP contribution is -2.36. The van der Waals surface area contributed by atoms with E-state index in [1.807, 2.05) is 11.0 Å². The SMILES string of the molecule is CCOC(=O)CCN(Cc1ccco1)C(=S)Nc1cc(OC)ccc1OC. The van der Waals surface area contributed by atoms with Crippen molar-refractivity contribution in [3.63, 3.8) is 0 Å². The number of hydrogen-bond donors (Lipinski definition) is 1. The fraction of sp³-hybridized carbons (Fsp3) is 0.368. The zero-order chi connectivity index (χ0) is 19.6. The highest BCUT2D eigenvalue weighted by molar-refractivity contribution is 7.80. The van der Waals surface area contributed by atoms with Gasteiger partial charge in [0.2, 0.25) is 0 Å². The van der Waals surface area contributed by atoms with Crippen molar-refractivity contribution < 1.29 is 23.4 Å². The van der Waals surface area contributed by atoms with Crippen LogP contribution in [0.3, 0.4) is 0 Å². The molecule has 7 nitrogen and oxygen atoms in total. The van der Waals surface area contributed by atoms with E-state index in [1.54, 1.807) is 51.7 Å². The molecule has 0 amide bonds. The van der Waals surface area contributed by atoms with E-state index in [0.29, 0.717) is 42.0 Å². The van der Waals surface area contributed by atoms with Crippen molar-refractivity contribution >= 4 is 29.0 Å². The van der Waals surface area contributed by atoms with E-state index >= 15 is 0 Å². The number of methoxy groups -OCH3 is 2. The molecule has 1 heterocycles. The van der Waals surface area contributed by atoms with Crippen LogP contribution < -0.4 is 14.8 Å². The van der Waals surface area contributed by atoms with E-state index in [2.05, 4.69) is 5.32 Å². The molecule has 0 bridgehead atoms. The molecular formula is C19H24N2O5S. The van der Waals surface area contributed by atoms with Gasteiger partial charge in [-0.1, -0.05) is 0 Å². The van der Waals surface area contributed by atoms with Gasteiger partial charge in [0.1, 0.15) is 17.3 Å². The van der Waals surface area contributed by atoms with Crippen molar-refractivity contribution in [1.82, 2.24) is 4.90 Å². The maximum atomic E-state index is 11.7. The molecule has 1 N–H and O–H groups in total. The van der Waals surface area contributed by atoms with Gasteiger partial charge in [-0.3, -0.25) is 4.79 Å². The van der Waals surface area contributed by atoms with Crippen LogP contribution in [0.1, 0.15) is 19.1 Å². The molecule has 1 aromatic heterocycles. The minimum Gasteiger partial charge on any atom is -0.497 e. The Labute approximate surface area is 164 Å². The van der Waals surface area contributed by atoms with Crippen LogP contribution in [0.25, 0.3) is 0 Å². The largest absolute Gasteiger partial charge is 0.497 e. The highest BCUT2D eigenvalue weighted by atomic mass is 32.1. The van der Waals surface area contributed by atoms with Crippen molar-refractivity contribution in [2.24, 2.45) is 0 Å². The normalized spacial score (nSPS) is 10.2. The van der Waals surface area contributed by atoms with E-state index in [9.17, 15) is 4.79 Å². The fourth-order valence-corrected chi connectivity index (χ4v) is 2.67. The molecule has 2 rings (SSSR count). The quantitative estimate of drug-likeness (QED) is 0.514. The molecule has 27 heavy (non-hydrogen) atoms. The molecule has 0 fully saturated rings. The minimum atomic E-state index is -0.274. The average Bonchev–Trinajstić information content (AvgIpc) is 3.18. The number of carbonyl (C=O) groups excluding carboxylic acids is 1. The second kappa shape index (κ2) is 10.4. The van der Waals surface area contributed by atoms with Gasteiger partial charge in [0.25, 0.3) is 0 Å². The molecule has 8 heteroatoms. The van der Waals surface area contributed by atoms with Crippen LogP contribution >= 0.6 is 12.2 Å². The Hall–Kier alpha value is -2.74. The molecule has 0 aliphatic carbocycles. The average molecular weight is 392 g/mol. The topological polar surface area (TPSA) is 73.2 Å². The number of hydrogen-bond acceptors (Lipinski definition) is 6. The Morgan fingerprint density at radius 1 is 1.26 bits per heavy atom. The summed E-state index contributed by atoms with van der Waals surface area (Å²) in [6.07, 6.45) is 1.81. The molecule has 0 aliphatic rings. The lowest BCUT2D eigenvalue weighted by atomic mass is 10.2. The number of nitrogens with one attached hydrogen (secondary N) is 1. The molecule has 0 aliphatic heterocycles. The maximum absolute atomic E-state index is 11.7. The molecule has 0 saturated carbocycles. The number of ether oxygens (including phenoxy) is 3. The van der Waals surface area contributed by atoms with E-state index in [1.165, 1.54) is 0 Å². The summed E-state index contributed by atoms with van der Waals surface area (Å²) in [4.78, 5) is 13.6. The number of esters is 1. The standard InChI is InChI=1S/C19H24N2O5S/c1-4-25-18(22)9-10-21(13-15-6-5-11-26-15)19(27)20-16-12-14(23-2)7-8-17(16)24-3/h5-8,11-12H,4,9-10,13H2,1-3H3,(H,20,27). The lowest BCUT2D eigenvalue weighted by molar-refractivity contribution is -0.143. The van der Waals surface area contributed by atoms with Gasteiger partial charge in [-0.25, -0.2) is 0 Å². The Morgan fingerprint density at radius 3 is 2.70 bits per heavy atom. The van der Waals surface area contributed by atoms with Gasteiger partial charge in [-0.2, -0.15) is 0 Å².